The summed E-state index contributed by atoms with van der Waals surface area (Å²) in [5.74, 6) is -0.0338. The molecule has 0 aliphatic heterocycles. The van der Waals surface area contributed by atoms with E-state index in [0.29, 0.717) is 25.7 Å². The monoisotopic (exact) mass is 241 g/mol. The molecular formula is C14H27NO2. The molecule has 0 aliphatic carbocycles. The maximum Gasteiger partial charge on any atom is 0.217 e. The number of nitrogens with two attached hydrogens (primary N) is 1. The third kappa shape index (κ3) is 13.1. The van der Waals surface area contributed by atoms with Crippen molar-refractivity contribution in [2.45, 2.75) is 77.6 Å². The number of rotatable bonds is 12. The first-order chi connectivity index (χ1) is 8.16. The van der Waals surface area contributed by atoms with E-state index in [0.717, 1.165) is 12.8 Å². The lowest BCUT2D eigenvalue weighted by molar-refractivity contribution is -0.120. The van der Waals surface area contributed by atoms with Gasteiger partial charge in [-0.2, -0.15) is 0 Å². The molecule has 0 aromatic rings. The molecule has 0 unspecified atom stereocenters. The summed E-state index contributed by atoms with van der Waals surface area (Å²) in [4.78, 5) is 21.9. The maximum absolute atomic E-state index is 11.4. The highest BCUT2D eigenvalue weighted by Gasteiger charge is 2.03. The van der Waals surface area contributed by atoms with Crippen LogP contribution in [-0.2, 0) is 9.59 Å². The van der Waals surface area contributed by atoms with Crippen LogP contribution in [0.2, 0.25) is 0 Å². The minimum atomic E-state index is -0.311. The molecule has 3 heteroatoms. The number of carbonyl (C=O) groups excluding carboxylic acids is 2. The maximum atomic E-state index is 11.4. The number of primary amides is 1. The summed E-state index contributed by atoms with van der Waals surface area (Å²) in [6.45, 7) is 2.21. The van der Waals surface area contributed by atoms with Crippen LogP contribution in [0, 0.1) is 0 Å². The molecule has 0 aromatic heterocycles. The van der Waals surface area contributed by atoms with E-state index in [-0.39, 0.29) is 11.7 Å². The molecule has 0 saturated carbocycles. The summed E-state index contributed by atoms with van der Waals surface area (Å²) in [6.07, 6.45) is 10.8. The summed E-state index contributed by atoms with van der Waals surface area (Å²) < 4.78 is 0. The highest BCUT2D eigenvalue weighted by molar-refractivity contribution is 5.79. The van der Waals surface area contributed by atoms with Gasteiger partial charge in [0.05, 0.1) is 0 Å². The molecule has 0 aliphatic rings. The molecule has 0 atom stereocenters. The van der Waals surface area contributed by atoms with E-state index in [1.54, 1.807) is 0 Å². The van der Waals surface area contributed by atoms with Gasteiger partial charge in [-0.25, -0.2) is 0 Å². The van der Waals surface area contributed by atoms with E-state index in [4.69, 9.17) is 5.73 Å². The van der Waals surface area contributed by atoms with Crippen molar-refractivity contribution in [3.8, 4) is 0 Å². The molecule has 0 aromatic carbocycles. The first-order valence-electron chi connectivity index (χ1n) is 6.96. The zero-order valence-electron chi connectivity index (χ0n) is 11.2. The van der Waals surface area contributed by atoms with Crippen molar-refractivity contribution in [1.29, 1.82) is 0 Å². The van der Waals surface area contributed by atoms with Gasteiger partial charge in [-0.05, 0) is 12.8 Å². The van der Waals surface area contributed by atoms with Crippen molar-refractivity contribution in [3.63, 3.8) is 0 Å². The van der Waals surface area contributed by atoms with Crippen molar-refractivity contribution >= 4 is 11.7 Å². The first kappa shape index (κ1) is 16.1. The number of amides is 1. The minimum absolute atomic E-state index is 0.278. The van der Waals surface area contributed by atoms with Crippen LogP contribution in [0.25, 0.3) is 0 Å². The van der Waals surface area contributed by atoms with Gasteiger partial charge in [0.25, 0.3) is 0 Å². The Labute approximate surface area is 105 Å². The van der Waals surface area contributed by atoms with Crippen molar-refractivity contribution in [2.24, 2.45) is 5.73 Å². The second kappa shape index (κ2) is 11.6. The standard InChI is InChI=1S/C14H27NO2/c1-2-3-4-5-6-7-8-10-13(16)11-9-12-14(15)17/h2-12H2,1H3,(H2,15,17). The Hall–Kier alpha value is -0.860. The van der Waals surface area contributed by atoms with Crippen LogP contribution < -0.4 is 5.73 Å². The molecular weight excluding hydrogens is 214 g/mol. The molecule has 2 N–H and O–H groups in total. The molecule has 0 bridgehead atoms. The quantitative estimate of drug-likeness (QED) is 0.533. The Morgan fingerprint density at radius 2 is 1.29 bits per heavy atom. The van der Waals surface area contributed by atoms with Gasteiger partial charge in [0, 0.05) is 19.3 Å². The summed E-state index contributed by atoms with van der Waals surface area (Å²) in [5.41, 5.74) is 5.01. The molecule has 0 saturated heterocycles. The fourth-order valence-electron chi connectivity index (χ4n) is 1.86. The molecule has 0 fully saturated rings. The number of unbranched alkanes of at least 4 members (excludes halogenated alkanes) is 6. The van der Waals surface area contributed by atoms with E-state index < -0.39 is 0 Å². The van der Waals surface area contributed by atoms with Crippen LogP contribution in [0.3, 0.4) is 0 Å². The van der Waals surface area contributed by atoms with Crippen LogP contribution >= 0.6 is 0 Å². The topological polar surface area (TPSA) is 60.2 Å². The minimum Gasteiger partial charge on any atom is -0.370 e. The second-order valence-corrected chi connectivity index (χ2v) is 4.73. The fraction of sp³-hybridized carbons (Fsp3) is 0.857. The average Bonchev–Trinajstić information content (AvgIpc) is 2.27. The summed E-state index contributed by atoms with van der Waals surface area (Å²) in [7, 11) is 0. The average molecular weight is 241 g/mol. The van der Waals surface area contributed by atoms with Crippen molar-refractivity contribution < 1.29 is 9.59 Å². The molecule has 17 heavy (non-hydrogen) atoms. The predicted octanol–water partition coefficient (Wildman–Crippen LogP) is 3.35. The lowest BCUT2D eigenvalue weighted by atomic mass is 10.0. The molecule has 0 rings (SSSR count). The van der Waals surface area contributed by atoms with Gasteiger partial charge in [0.1, 0.15) is 5.78 Å². The van der Waals surface area contributed by atoms with E-state index in [1.807, 2.05) is 0 Å². The van der Waals surface area contributed by atoms with Gasteiger partial charge >= 0.3 is 0 Å². The van der Waals surface area contributed by atoms with Crippen LogP contribution in [-0.4, -0.2) is 11.7 Å². The third-order valence-electron chi connectivity index (χ3n) is 2.94. The van der Waals surface area contributed by atoms with Crippen molar-refractivity contribution in [3.05, 3.63) is 0 Å². The first-order valence-corrected chi connectivity index (χ1v) is 6.96. The molecule has 0 spiro atoms. The van der Waals surface area contributed by atoms with Gasteiger partial charge in [-0.15, -0.1) is 0 Å². The van der Waals surface area contributed by atoms with Gasteiger partial charge in [-0.1, -0.05) is 45.4 Å². The molecule has 3 nitrogen and oxygen atoms in total. The van der Waals surface area contributed by atoms with Gasteiger partial charge in [-0.3, -0.25) is 9.59 Å². The predicted molar refractivity (Wildman–Crippen MR) is 70.7 cm³/mol. The SMILES string of the molecule is CCCCCCCCCC(=O)CCCC(N)=O. The van der Waals surface area contributed by atoms with Crippen LogP contribution in [0.15, 0.2) is 0 Å². The molecule has 0 radical (unpaired) electrons. The Balaban J connectivity index is 3.19. The van der Waals surface area contributed by atoms with E-state index in [9.17, 15) is 9.59 Å². The molecule has 1 amide bonds. The van der Waals surface area contributed by atoms with Gasteiger partial charge in [0.2, 0.25) is 5.91 Å². The van der Waals surface area contributed by atoms with Gasteiger partial charge < -0.3 is 5.73 Å². The second-order valence-electron chi connectivity index (χ2n) is 4.73. The van der Waals surface area contributed by atoms with Crippen LogP contribution in [0.5, 0.6) is 0 Å². The summed E-state index contributed by atoms with van der Waals surface area (Å²) >= 11 is 0. The largest absolute Gasteiger partial charge is 0.370 e. The number of ketones is 1. The van der Waals surface area contributed by atoms with E-state index in [1.165, 1.54) is 32.1 Å². The zero-order chi connectivity index (χ0) is 12.9. The van der Waals surface area contributed by atoms with E-state index >= 15 is 0 Å². The highest BCUT2D eigenvalue weighted by Crippen LogP contribution is 2.10. The smallest absolute Gasteiger partial charge is 0.217 e. The number of hydrogen-bond donors (Lipinski definition) is 1. The summed E-state index contributed by atoms with van der Waals surface area (Å²) in [6, 6.07) is 0. The lowest BCUT2D eigenvalue weighted by Crippen LogP contribution is -2.10. The fourth-order valence-corrected chi connectivity index (χ4v) is 1.86. The highest BCUT2D eigenvalue weighted by atomic mass is 16.1. The van der Waals surface area contributed by atoms with Crippen molar-refractivity contribution in [1.82, 2.24) is 0 Å². The summed E-state index contributed by atoms with van der Waals surface area (Å²) in [5, 5.41) is 0. The number of hydrogen-bond acceptors (Lipinski definition) is 2. The van der Waals surface area contributed by atoms with Crippen LogP contribution in [0.4, 0.5) is 0 Å². The number of Topliss-reactive ketones (excluding diaryl/α,β-unsaturated/α-hetero) is 1. The number of carbonyl (C=O) groups is 2. The third-order valence-corrected chi connectivity index (χ3v) is 2.94. The van der Waals surface area contributed by atoms with Gasteiger partial charge in [0.15, 0.2) is 0 Å². The Kier molecular flexibility index (Phi) is 11.0. The molecule has 0 heterocycles. The Morgan fingerprint density at radius 3 is 1.88 bits per heavy atom. The van der Waals surface area contributed by atoms with Crippen LogP contribution in [0.1, 0.15) is 77.6 Å². The molecule has 100 valence electrons. The Bertz CT molecular complexity index is 214. The van der Waals surface area contributed by atoms with E-state index in [2.05, 4.69) is 6.92 Å². The Morgan fingerprint density at radius 1 is 0.765 bits per heavy atom. The normalized spacial score (nSPS) is 10.4. The van der Waals surface area contributed by atoms with Crippen molar-refractivity contribution in [2.75, 3.05) is 0 Å². The zero-order valence-corrected chi connectivity index (χ0v) is 11.2. The lowest BCUT2D eigenvalue weighted by Gasteiger charge is -2.01.